The van der Waals surface area contributed by atoms with Crippen molar-refractivity contribution in [3.63, 3.8) is 0 Å². The summed E-state index contributed by atoms with van der Waals surface area (Å²) in [5.74, 6) is 0.216. The summed E-state index contributed by atoms with van der Waals surface area (Å²) in [6, 6.07) is 9.96. The molecule has 0 aliphatic heterocycles. The summed E-state index contributed by atoms with van der Waals surface area (Å²) in [5.41, 5.74) is 7.71. The van der Waals surface area contributed by atoms with Crippen LogP contribution >= 0.6 is 0 Å². The Bertz CT molecular complexity index is 387. The number of oxime groups is 1. The van der Waals surface area contributed by atoms with Crippen molar-refractivity contribution in [2.45, 2.75) is 19.4 Å². The maximum absolute atomic E-state index is 8.63. The van der Waals surface area contributed by atoms with Crippen LogP contribution in [0.2, 0.25) is 0 Å². The molecule has 0 aliphatic carbocycles. The van der Waals surface area contributed by atoms with E-state index in [2.05, 4.69) is 17.1 Å². The molecule has 0 bridgehead atoms. The van der Waals surface area contributed by atoms with Gasteiger partial charge in [0.05, 0.1) is 0 Å². The van der Waals surface area contributed by atoms with Gasteiger partial charge in [-0.1, -0.05) is 47.6 Å². The minimum Gasteiger partial charge on any atom is -0.409 e. The second kappa shape index (κ2) is 6.70. The number of amidine groups is 1. The molecule has 0 saturated carbocycles. The molecule has 0 aliphatic rings. The highest BCUT2D eigenvalue weighted by molar-refractivity contribution is 5.80. The summed E-state index contributed by atoms with van der Waals surface area (Å²) in [7, 11) is 0. The molecule has 1 atom stereocenters. The van der Waals surface area contributed by atoms with Crippen molar-refractivity contribution in [3.8, 4) is 0 Å². The third-order valence-corrected chi connectivity index (χ3v) is 2.39. The minimum absolute atomic E-state index is 0.0313. The number of hydrogen-bond donors (Lipinski definition) is 3. The van der Waals surface area contributed by atoms with E-state index >= 15 is 0 Å². The van der Waals surface area contributed by atoms with Crippen molar-refractivity contribution >= 4 is 5.84 Å². The number of nitrogens with two attached hydrogens (primary N) is 1. The molecular weight excluding hydrogens is 214 g/mol. The van der Waals surface area contributed by atoms with Gasteiger partial charge in [0.15, 0.2) is 0 Å². The predicted octanol–water partition coefficient (Wildman–Crippen LogP) is 2.03. The average Bonchev–Trinajstić information content (AvgIpc) is 2.35. The fraction of sp³-hybridized carbons (Fsp3) is 0.308. The maximum Gasteiger partial charge on any atom is 0.141 e. The highest BCUT2D eigenvalue weighted by Crippen LogP contribution is 2.16. The number of benzene rings is 1. The quantitative estimate of drug-likeness (QED) is 0.231. The summed E-state index contributed by atoms with van der Waals surface area (Å²) in [6.07, 6.45) is 0.466. The van der Waals surface area contributed by atoms with Gasteiger partial charge in [-0.15, -0.1) is 0 Å². The van der Waals surface area contributed by atoms with Crippen molar-refractivity contribution in [1.82, 2.24) is 5.32 Å². The van der Waals surface area contributed by atoms with E-state index in [4.69, 9.17) is 10.9 Å². The number of nitrogens with one attached hydrogen (secondary N) is 1. The van der Waals surface area contributed by atoms with Gasteiger partial charge in [0.25, 0.3) is 0 Å². The zero-order valence-electron chi connectivity index (χ0n) is 10.1. The van der Waals surface area contributed by atoms with Crippen molar-refractivity contribution in [1.29, 1.82) is 0 Å². The Morgan fingerprint density at radius 1 is 1.47 bits per heavy atom. The molecule has 4 nitrogen and oxygen atoms in total. The number of rotatable bonds is 6. The van der Waals surface area contributed by atoms with Crippen LogP contribution in [0.4, 0.5) is 0 Å². The molecular formula is C13H19N3O. The molecule has 4 N–H and O–H groups in total. The maximum atomic E-state index is 8.63. The standard InChI is InChI=1S/C13H19N3O/c1-10(2)9-15-12(8-13(14)16-17)11-6-4-3-5-7-11/h3-7,12,15,17H,1,8-9H2,2H3,(H2,14,16). The fourth-order valence-corrected chi connectivity index (χ4v) is 1.54. The zero-order chi connectivity index (χ0) is 12.7. The number of nitrogens with zero attached hydrogens (tertiary/aromatic N) is 1. The molecule has 0 heterocycles. The molecule has 4 heteroatoms. The van der Waals surface area contributed by atoms with Gasteiger partial charge >= 0.3 is 0 Å². The summed E-state index contributed by atoms with van der Waals surface area (Å²) in [5, 5.41) is 15.0. The van der Waals surface area contributed by atoms with Gasteiger partial charge < -0.3 is 16.3 Å². The zero-order valence-corrected chi connectivity index (χ0v) is 10.1. The molecule has 1 rings (SSSR count). The van der Waals surface area contributed by atoms with Crippen LogP contribution in [-0.2, 0) is 0 Å². The van der Waals surface area contributed by atoms with Gasteiger partial charge in [-0.25, -0.2) is 0 Å². The molecule has 0 spiro atoms. The largest absolute Gasteiger partial charge is 0.409 e. The molecule has 17 heavy (non-hydrogen) atoms. The second-order valence-corrected chi connectivity index (χ2v) is 4.10. The van der Waals surface area contributed by atoms with Gasteiger partial charge in [-0.05, 0) is 12.5 Å². The van der Waals surface area contributed by atoms with Crippen LogP contribution in [0.25, 0.3) is 0 Å². The Morgan fingerprint density at radius 3 is 2.65 bits per heavy atom. The van der Waals surface area contributed by atoms with E-state index in [0.717, 1.165) is 11.1 Å². The Morgan fingerprint density at radius 2 is 2.12 bits per heavy atom. The van der Waals surface area contributed by atoms with E-state index in [9.17, 15) is 0 Å². The van der Waals surface area contributed by atoms with Gasteiger partial charge in [-0.2, -0.15) is 0 Å². The van der Waals surface area contributed by atoms with Crippen LogP contribution < -0.4 is 11.1 Å². The lowest BCUT2D eigenvalue weighted by atomic mass is 10.0. The molecule has 0 fully saturated rings. The SMILES string of the molecule is C=C(C)CNC(C/C(N)=N/O)c1ccccc1. The van der Waals surface area contributed by atoms with E-state index in [1.807, 2.05) is 37.3 Å². The summed E-state index contributed by atoms with van der Waals surface area (Å²) in [4.78, 5) is 0. The van der Waals surface area contributed by atoms with Gasteiger partial charge in [-0.3, -0.25) is 0 Å². The molecule has 1 unspecified atom stereocenters. The third-order valence-electron chi connectivity index (χ3n) is 2.39. The Balaban J connectivity index is 2.75. The van der Waals surface area contributed by atoms with Crippen molar-refractivity contribution in [2.24, 2.45) is 10.9 Å². The highest BCUT2D eigenvalue weighted by atomic mass is 16.4. The van der Waals surface area contributed by atoms with E-state index in [1.54, 1.807) is 0 Å². The fourth-order valence-electron chi connectivity index (χ4n) is 1.54. The third kappa shape index (κ3) is 4.70. The first-order chi connectivity index (χ1) is 8.13. The Hall–Kier alpha value is -1.81. The molecule has 92 valence electrons. The van der Waals surface area contributed by atoms with E-state index in [0.29, 0.717) is 13.0 Å². The molecule has 0 amide bonds. The average molecular weight is 233 g/mol. The first-order valence-corrected chi connectivity index (χ1v) is 5.52. The van der Waals surface area contributed by atoms with E-state index in [1.165, 1.54) is 0 Å². The van der Waals surface area contributed by atoms with Gasteiger partial charge in [0.2, 0.25) is 0 Å². The Labute approximate surface area is 102 Å². The summed E-state index contributed by atoms with van der Waals surface area (Å²) >= 11 is 0. The lowest BCUT2D eigenvalue weighted by Crippen LogP contribution is -2.28. The van der Waals surface area contributed by atoms with Crippen molar-refractivity contribution < 1.29 is 5.21 Å². The van der Waals surface area contributed by atoms with Crippen molar-refractivity contribution in [3.05, 3.63) is 48.0 Å². The highest BCUT2D eigenvalue weighted by Gasteiger charge is 2.12. The molecule has 1 aromatic carbocycles. The molecule has 1 aromatic rings. The summed E-state index contributed by atoms with van der Waals surface area (Å²) in [6.45, 7) is 6.51. The second-order valence-electron chi connectivity index (χ2n) is 4.10. The molecule has 0 radical (unpaired) electrons. The molecule has 0 saturated heterocycles. The van der Waals surface area contributed by atoms with E-state index < -0.39 is 0 Å². The predicted molar refractivity (Wildman–Crippen MR) is 70.0 cm³/mol. The van der Waals surface area contributed by atoms with Gasteiger partial charge in [0, 0.05) is 19.0 Å². The van der Waals surface area contributed by atoms with Crippen LogP contribution in [0.1, 0.15) is 24.9 Å². The van der Waals surface area contributed by atoms with Crippen LogP contribution in [0, 0.1) is 0 Å². The number of hydrogen-bond acceptors (Lipinski definition) is 3. The minimum atomic E-state index is 0.0313. The van der Waals surface area contributed by atoms with Crippen molar-refractivity contribution in [2.75, 3.05) is 6.54 Å². The lowest BCUT2D eigenvalue weighted by molar-refractivity contribution is 0.315. The van der Waals surface area contributed by atoms with Crippen LogP contribution in [-0.4, -0.2) is 17.6 Å². The van der Waals surface area contributed by atoms with Gasteiger partial charge in [0.1, 0.15) is 5.84 Å². The topological polar surface area (TPSA) is 70.6 Å². The van der Waals surface area contributed by atoms with Crippen LogP contribution in [0.5, 0.6) is 0 Å². The monoisotopic (exact) mass is 233 g/mol. The Kier molecular flexibility index (Phi) is 5.23. The van der Waals surface area contributed by atoms with Crippen LogP contribution in [0.3, 0.4) is 0 Å². The van der Waals surface area contributed by atoms with E-state index in [-0.39, 0.29) is 11.9 Å². The lowest BCUT2D eigenvalue weighted by Gasteiger charge is -2.18. The summed E-state index contributed by atoms with van der Waals surface area (Å²) < 4.78 is 0. The first kappa shape index (κ1) is 13.3. The first-order valence-electron chi connectivity index (χ1n) is 5.52. The normalized spacial score (nSPS) is 13.4. The smallest absolute Gasteiger partial charge is 0.141 e. The molecule has 0 aromatic heterocycles. The van der Waals surface area contributed by atoms with Crippen LogP contribution in [0.15, 0.2) is 47.6 Å².